The molecule has 0 saturated heterocycles. The first-order valence-electron chi connectivity index (χ1n) is 9.10. The minimum Gasteiger partial charge on any atom is -0.438 e. The maximum absolute atomic E-state index is 13.1. The van der Waals surface area contributed by atoms with E-state index in [0.29, 0.717) is 17.9 Å². The van der Waals surface area contributed by atoms with Crippen molar-refractivity contribution in [2.24, 2.45) is 0 Å². The Hall–Kier alpha value is -3.92. The van der Waals surface area contributed by atoms with Crippen molar-refractivity contribution in [3.63, 3.8) is 0 Å². The number of pyridine rings is 1. The van der Waals surface area contributed by atoms with Crippen LogP contribution < -0.4 is 15.6 Å². The second-order valence-electron chi connectivity index (χ2n) is 6.52. The van der Waals surface area contributed by atoms with E-state index < -0.39 is 11.5 Å². The molecule has 0 fully saturated rings. The number of hydrogen-bond donors (Lipinski definition) is 1. The molecule has 29 heavy (non-hydrogen) atoms. The predicted molar refractivity (Wildman–Crippen MR) is 110 cm³/mol. The Morgan fingerprint density at radius 1 is 1.28 bits per heavy atom. The van der Waals surface area contributed by atoms with E-state index in [1.165, 1.54) is 10.5 Å². The topological polar surface area (TPSA) is 96.5 Å². The van der Waals surface area contributed by atoms with Crippen LogP contribution in [0.2, 0.25) is 0 Å². The molecule has 1 amide bonds. The Kier molecular flexibility index (Phi) is 5.74. The molecule has 1 N–H and O–H groups in total. The first-order valence-corrected chi connectivity index (χ1v) is 9.10. The number of nitriles is 1. The van der Waals surface area contributed by atoms with Crippen LogP contribution in [0, 0.1) is 25.2 Å². The van der Waals surface area contributed by atoms with Gasteiger partial charge in [-0.3, -0.25) is 14.0 Å². The summed E-state index contributed by atoms with van der Waals surface area (Å²) in [6.45, 7) is 5.98. The van der Waals surface area contributed by atoms with Gasteiger partial charge in [-0.2, -0.15) is 10.2 Å². The van der Waals surface area contributed by atoms with Crippen LogP contribution in [0.25, 0.3) is 11.7 Å². The van der Waals surface area contributed by atoms with Crippen molar-refractivity contribution in [2.75, 3.05) is 6.54 Å². The summed E-state index contributed by atoms with van der Waals surface area (Å²) in [7, 11) is 0. The van der Waals surface area contributed by atoms with Gasteiger partial charge in [-0.15, -0.1) is 0 Å². The number of likely N-dealkylation sites (N-methyl/N-ethyl adjacent to an activating group) is 1. The molecule has 0 bridgehead atoms. The largest absolute Gasteiger partial charge is 0.438 e. The first-order chi connectivity index (χ1) is 13.9. The Balaban J connectivity index is 2.22. The molecule has 7 nitrogen and oxygen atoms in total. The zero-order chi connectivity index (χ0) is 21.0. The SMILES string of the molecule is CCNC(=O)/C(C#N)=C/c1c(Oc2cc(C)cc(C)c2)nc2ccccn2c1=O. The van der Waals surface area contributed by atoms with Gasteiger partial charge in [0.25, 0.3) is 11.5 Å². The summed E-state index contributed by atoms with van der Waals surface area (Å²) in [5.41, 5.74) is 1.77. The van der Waals surface area contributed by atoms with Gasteiger partial charge < -0.3 is 10.1 Å². The number of aryl methyl sites for hydroxylation is 2. The van der Waals surface area contributed by atoms with Crippen molar-refractivity contribution in [1.29, 1.82) is 5.26 Å². The summed E-state index contributed by atoms with van der Waals surface area (Å²) in [6.07, 6.45) is 2.79. The summed E-state index contributed by atoms with van der Waals surface area (Å²) in [5.74, 6) is -0.0194. The van der Waals surface area contributed by atoms with Crippen LogP contribution in [0.15, 0.2) is 53.0 Å². The number of nitrogens with one attached hydrogen (secondary N) is 1. The highest BCUT2D eigenvalue weighted by Crippen LogP contribution is 2.25. The van der Waals surface area contributed by atoms with Gasteiger partial charge in [-0.05, 0) is 62.2 Å². The maximum atomic E-state index is 13.1. The molecule has 0 saturated carbocycles. The van der Waals surface area contributed by atoms with Crippen molar-refractivity contribution < 1.29 is 9.53 Å². The van der Waals surface area contributed by atoms with Crippen molar-refractivity contribution in [1.82, 2.24) is 14.7 Å². The number of rotatable bonds is 5. The van der Waals surface area contributed by atoms with E-state index in [1.54, 1.807) is 31.3 Å². The average Bonchev–Trinajstić information content (AvgIpc) is 2.67. The summed E-state index contributed by atoms with van der Waals surface area (Å²) >= 11 is 0. The van der Waals surface area contributed by atoms with E-state index >= 15 is 0 Å². The number of ether oxygens (including phenoxy) is 1. The molecule has 0 atom stereocenters. The van der Waals surface area contributed by atoms with E-state index in [2.05, 4.69) is 10.3 Å². The number of benzene rings is 1. The van der Waals surface area contributed by atoms with Crippen LogP contribution >= 0.6 is 0 Å². The molecule has 3 rings (SSSR count). The summed E-state index contributed by atoms with van der Waals surface area (Å²) in [4.78, 5) is 29.6. The average molecular weight is 388 g/mol. The van der Waals surface area contributed by atoms with Crippen LogP contribution in [0.3, 0.4) is 0 Å². The normalized spacial score (nSPS) is 11.2. The van der Waals surface area contributed by atoms with E-state index in [4.69, 9.17) is 4.74 Å². The second kappa shape index (κ2) is 8.40. The summed E-state index contributed by atoms with van der Waals surface area (Å²) < 4.78 is 7.28. The maximum Gasteiger partial charge on any atom is 0.269 e. The molecule has 0 aliphatic carbocycles. The number of amides is 1. The molecule has 7 heteroatoms. The molecule has 1 aromatic carbocycles. The van der Waals surface area contributed by atoms with Gasteiger partial charge in [0.05, 0.1) is 0 Å². The molecule has 2 heterocycles. The Morgan fingerprint density at radius 3 is 2.66 bits per heavy atom. The highest BCUT2D eigenvalue weighted by molar-refractivity contribution is 6.01. The fraction of sp³-hybridized carbons (Fsp3) is 0.182. The zero-order valence-electron chi connectivity index (χ0n) is 16.4. The lowest BCUT2D eigenvalue weighted by atomic mass is 10.1. The number of fused-ring (bicyclic) bond motifs is 1. The third kappa shape index (κ3) is 4.33. The molecule has 146 valence electrons. The number of aromatic nitrogens is 2. The number of hydrogen-bond acceptors (Lipinski definition) is 5. The minimum absolute atomic E-state index is 0.0238. The first kappa shape index (κ1) is 19.8. The number of nitrogens with zero attached hydrogens (tertiary/aromatic N) is 3. The van der Waals surface area contributed by atoms with Crippen LogP contribution in [0.1, 0.15) is 23.6 Å². The van der Waals surface area contributed by atoms with Gasteiger partial charge in [-0.1, -0.05) is 12.1 Å². The van der Waals surface area contributed by atoms with Gasteiger partial charge >= 0.3 is 0 Å². The zero-order valence-corrected chi connectivity index (χ0v) is 16.4. The molecule has 0 unspecified atom stereocenters. The van der Waals surface area contributed by atoms with Crippen LogP contribution in [-0.4, -0.2) is 21.8 Å². The Morgan fingerprint density at radius 2 is 2.00 bits per heavy atom. The quantitative estimate of drug-likeness (QED) is 0.535. The molecule has 0 aliphatic heterocycles. The molecule has 0 spiro atoms. The fourth-order valence-electron chi connectivity index (χ4n) is 2.94. The molecule has 2 aromatic heterocycles. The van der Waals surface area contributed by atoms with Crippen LogP contribution in [-0.2, 0) is 4.79 Å². The van der Waals surface area contributed by atoms with Gasteiger partial charge in [0.15, 0.2) is 0 Å². The molecule has 0 radical (unpaired) electrons. The standard InChI is InChI=1S/C22H20N4O3/c1-4-24-20(27)16(13-23)12-18-21(29-17-10-14(2)9-15(3)11-17)25-19-7-5-6-8-26(19)22(18)28/h5-12H,4H2,1-3H3,(H,24,27)/b16-12+. The van der Waals surface area contributed by atoms with E-state index in [0.717, 1.165) is 11.1 Å². The summed E-state index contributed by atoms with van der Waals surface area (Å²) in [5, 5.41) is 12.0. The molecule has 0 aliphatic rings. The van der Waals surface area contributed by atoms with Crippen molar-refractivity contribution in [2.45, 2.75) is 20.8 Å². The van der Waals surface area contributed by atoms with Gasteiger partial charge in [-0.25, -0.2) is 0 Å². The highest BCUT2D eigenvalue weighted by atomic mass is 16.5. The lowest BCUT2D eigenvalue weighted by Crippen LogP contribution is -2.25. The minimum atomic E-state index is -0.565. The second-order valence-corrected chi connectivity index (χ2v) is 6.52. The van der Waals surface area contributed by atoms with Gasteiger partial charge in [0.1, 0.15) is 28.6 Å². The Bertz CT molecular complexity index is 1200. The lowest BCUT2D eigenvalue weighted by molar-refractivity contribution is -0.116. The number of carbonyl (C=O) groups is 1. The van der Waals surface area contributed by atoms with E-state index in [1.807, 2.05) is 38.1 Å². The van der Waals surface area contributed by atoms with Gasteiger partial charge in [0, 0.05) is 12.7 Å². The molecule has 3 aromatic rings. The summed E-state index contributed by atoms with van der Waals surface area (Å²) in [6, 6.07) is 12.6. The van der Waals surface area contributed by atoms with Crippen LogP contribution in [0.5, 0.6) is 11.6 Å². The van der Waals surface area contributed by atoms with Crippen molar-refractivity contribution >= 4 is 17.6 Å². The monoisotopic (exact) mass is 388 g/mol. The smallest absolute Gasteiger partial charge is 0.269 e. The number of carbonyl (C=O) groups excluding carboxylic acids is 1. The predicted octanol–water partition coefficient (Wildman–Crippen LogP) is 3.15. The van der Waals surface area contributed by atoms with Crippen molar-refractivity contribution in [3.05, 3.63) is 75.2 Å². The fourth-order valence-corrected chi connectivity index (χ4v) is 2.94. The molecular weight excluding hydrogens is 368 g/mol. The highest BCUT2D eigenvalue weighted by Gasteiger charge is 2.17. The van der Waals surface area contributed by atoms with E-state index in [9.17, 15) is 14.9 Å². The third-order valence-electron chi connectivity index (χ3n) is 4.13. The van der Waals surface area contributed by atoms with Crippen LogP contribution in [0.4, 0.5) is 0 Å². The molecular formula is C22H20N4O3. The lowest BCUT2D eigenvalue weighted by Gasteiger charge is -2.11. The van der Waals surface area contributed by atoms with E-state index in [-0.39, 0.29) is 17.0 Å². The third-order valence-corrected chi connectivity index (χ3v) is 4.13. The van der Waals surface area contributed by atoms with Gasteiger partial charge in [0.2, 0.25) is 5.88 Å². The Labute approximate surface area is 167 Å². The van der Waals surface area contributed by atoms with Crippen molar-refractivity contribution in [3.8, 4) is 17.7 Å².